The van der Waals surface area contributed by atoms with Gasteiger partial charge in [-0.05, 0) is 50.0 Å². The lowest BCUT2D eigenvalue weighted by Crippen LogP contribution is -2.63. The van der Waals surface area contributed by atoms with Crippen LogP contribution >= 0.6 is 0 Å². The van der Waals surface area contributed by atoms with Gasteiger partial charge in [0.1, 0.15) is 6.54 Å². The highest BCUT2D eigenvalue weighted by molar-refractivity contribution is 5.94. The molecule has 44 heavy (non-hydrogen) atoms. The quantitative estimate of drug-likeness (QED) is 0.108. The summed E-state index contributed by atoms with van der Waals surface area (Å²) in [7, 11) is 0. The van der Waals surface area contributed by atoms with Crippen molar-refractivity contribution in [3.8, 4) is 0 Å². The highest BCUT2D eigenvalue weighted by atomic mass is 16.9. The van der Waals surface area contributed by atoms with Crippen LogP contribution in [0, 0.1) is 38.7 Å². The molecule has 3 fully saturated rings. The Hall–Kier alpha value is -3.16. The number of allylic oxidation sites excluding steroid dienone is 4. The number of carbonyl (C=O) groups excluding carboxylic acids is 4. The lowest BCUT2D eigenvalue weighted by molar-refractivity contribution is -0.757. The first kappa shape index (κ1) is 32.2. The van der Waals surface area contributed by atoms with Crippen molar-refractivity contribution in [1.82, 2.24) is 5.32 Å². The van der Waals surface area contributed by atoms with E-state index in [9.17, 15) is 34.4 Å². The van der Waals surface area contributed by atoms with E-state index in [0.29, 0.717) is 25.7 Å². The van der Waals surface area contributed by atoms with Gasteiger partial charge in [-0.15, -0.1) is 10.1 Å². The molecule has 1 saturated heterocycles. The zero-order valence-electron chi connectivity index (χ0n) is 25.5. The zero-order valence-corrected chi connectivity index (χ0v) is 25.5. The summed E-state index contributed by atoms with van der Waals surface area (Å²) in [5.74, 6) is -1.84. The summed E-state index contributed by atoms with van der Waals surface area (Å²) < 4.78 is 18.2. The molecule has 1 amide bonds. The van der Waals surface area contributed by atoms with Crippen LogP contribution in [0.2, 0.25) is 0 Å². The Kier molecular flexibility index (Phi) is 9.03. The molecule has 1 aliphatic heterocycles. The molecule has 1 heterocycles. The van der Waals surface area contributed by atoms with Gasteiger partial charge in [-0.1, -0.05) is 44.9 Å². The smallest absolute Gasteiger partial charge is 0.325 e. The van der Waals surface area contributed by atoms with E-state index in [4.69, 9.17) is 14.2 Å². The van der Waals surface area contributed by atoms with Crippen molar-refractivity contribution < 1.29 is 48.4 Å². The molecule has 13 heteroatoms. The number of hydrogen-bond acceptors (Lipinski definition) is 11. The molecule has 0 aromatic heterocycles. The molecular formula is C31H42N2O11. The van der Waals surface area contributed by atoms with Gasteiger partial charge >= 0.3 is 5.97 Å². The molecule has 0 bridgehead atoms. The first-order chi connectivity index (χ1) is 20.9. The van der Waals surface area contributed by atoms with Crippen molar-refractivity contribution in [1.29, 1.82) is 0 Å². The molecule has 242 valence electrons. The van der Waals surface area contributed by atoms with Crippen molar-refractivity contribution in [2.45, 2.75) is 96.2 Å². The molecule has 5 rings (SSSR count). The van der Waals surface area contributed by atoms with Crippen LogP contribution in [0.4, 0.5) is 0 Å². The largest absolute Gasteiger partial charge is 0.456 e. The van der Waals surface area contributed by atoms with Crippen LogP contribution in [0.1, 0.15) is 72.1 Å². The van der Waals surface area contributed by atoms with Crippen molar-refractivity contribution >= 4 is 23.4 Å². The number of carbonyl (C=O) groups is 4. The van der Waals surface area contributed by atoms with Gasteiger partial charge in [-0.2, -0.15) is 0 Å². The molecule has 9 atom stereocenters. The summed E-state index contributed by atoms with van der Waals surface area (Å²) in [4.78, 5) is 65.1. The number of ether oxygens (including phenoxy) is 3. The molecule has 2 unspecified atom stereocenters. The Morgan fingerprint density at radius 3 is 2.77 bits per heavy atom. The molecule has 2 N–H and O–H groups in total. The van der Waals surface area contributed by atoms with E-state index in [1.165, 1.54) is 0 Å². The first-order valence-corrected chi connectivity index (χ1v) is 15.5. The molecular weight excluding hydrogens is 576 g/mol. The van der Waals surface area contributed by atoms with Crippen LogP contribution in [0.25, 0.3) is 0 Å². The second-order valence-electron chi connectivity index (χ2n) is 13.2. The summed E-state index contributed by atoms with van der Waals surface area (Å²) >= 11 is 0. The van der Waals surface area contributed by atoms with Crippen LogP contribution in [-0.2, 0) is 38.2 Å². The Morgan fingerprint density at radius 1 is 1.27 bits per heavy atom. The van der Waals surface area contributed by atoms with Crippen LogP contribution in [-0.4, -0.2) is 77.5 Å². The normalized spacial score (nSPS) is 38.5. The van der Waals surface area contributed by atoms with Crippen LogP contribution in [0.3, 0.4) is 0 Å². The fraction of sp³-hybridized carbons (Fsp3) is 0.742. The van der Waals surface area contributed by atoms with Gasteiger partial charge in [0.25, 0.3) is 5.09 Å². The molecule has 13 nitrogen and oxygen atoms in total. The van der Waals surface area contributed by atoms with Gasteiger partial charge in [0, 0.05) is 29.6 Å². The summed E-state index contributed by atoms with van der Waals surface area (Å²) in [5, 5.41) is 23.4. The highest BCUT2D eigenvalue weighted by Crippen LogP contribution is 2.69. The number of Topliss-reactive ketones (excluding diaryl/α,β-unsaturated/α-hetero) is 1. The Balaban J connectivity index is 1.30. The second kappa shape index (κ2) is 12.3. The molecule has 4 aliphatic carbocycles. The number of ketones is 2. The minimum absolute atomic E-state index is 0.0240. The van der Waals surface area contributed by atoms with E-state index in [2.05, 4.69) is 23.2 Å². The van der Waals surface area contributed by atoms with E-state index in [1.54, 1.807) is 6.08 Å². The number of aliphatic hydroxyl groups excluding tert-OH is 1. The van der Waals surface area contributed by atoms with Crippen molar-refractivity contribution in [2.75, 3.05) is 19.8 Å². The van der Waals surface area contributed by atoms with Crippen LogP contribution < -0.4 is 5.32 Å². The van der Waals surface area contributed by atoms with E-state index in [-0.39, 0.29) is 49.4 Å². The monoisotopic (exact) mass is 618 g/mol. The third-order valence-electron chi connectivity index (χ3n) is 10.7. The minimum Gasteiger partial charge on any atom is -0.456 e. The fourth-order valence-electron chi connectivity index (χ4n) is 8.85. The summed E-state index contributed by atoms with van der Waals surface area (Å²) in [6.07, 6.45) is 7.01. The molecule has 0 aromatic carbocycles. The van der Waals surface area contributed by atoms with E-state index in [1.807, 2.05) is 19.9 Å². The second-order valence-corrected chi connectivity index (χ2v) is 13.2. The van der Waals surface area contributed by atoms with E-state index in [0.717, 1.165) is 12.0 Å². The lowest BCUT2D eigenvalue weighted by atomic mass is 9.47. The van der Waals surface area contributed by atoms with Gasteiger partial charge in [0.15, 0.2) is 24.3 Å². The van der Waals surface area contributed by atoms with E-state index < -0.39 is 70.8 Å². The van der Waals surface area contributed by atoms with Gasteiger partial charge in [-0.25, -0.2) is 0 Å². The van der Waals surface area contributed by atoms with Crippen LogP contribution in [0.5, 0.6) is 0 Å². The molecule has 0 radical (unpaired) electrons. The molecule has 0 aromatic rings. The number of aliphatic hydroxyl groups is 1. The summed E-state index contributed by atoms with van der Waals surface area (Å²) in [6.45, 7) is 4.77. The SMILES string of the molecule is CCCC1O[C@@H]2C[C@H]3[C@@H]4CC=C5CC(=O)C=C[C@]5(C)[C@H]4[C@@H](O)C[C@]3(C)C2(C(=O)COC(=O)CNC(=O)CCCO[N+](=O)[O-])O1. The third kappa shape index (κ3) is 5.47. The highest BCUT2D eigenvalue weighted by Gasteiger charge is 2.75. The molecule has 0 spiro atoms. The Labute approximate surface area is 255 Å². The standard InChI is InChI=1S/C31H42N2O11/c1-4-6-27-43-24-14-21-20-9-8-18-13-19(34)10-11-29(18,2)28(20)22(35)15-30(21,3)31(24,44-27)23(36)17-41-26(38)16-32-25(37)7-5-12-42-33(39)40/h8,10-11,20-22,24,27-28,35H,4-7,9,12-17H2,1-3H3,(H,32,37)/t20-,21-,22-,24+,27?,28+,29-,30-,31?/m0/s1. The van der Waals surface area contributed by atoms with Crippen molar-refractivity contribution in [2.24, 2.45) is 28.6 Å². The Bertz CT molecular complexity index is 1260. The molecule has 5 aliphatic rings. The third-order valence-corrected chi connectivity index (χ3v) is 10.7. The number of fused-ring (bicyclic) bond motifs is 7. The number of amides is 1. The van der Waals surface area contributed by atoms with Crippen molar-refractivity contribution in [3.63, 3.8) is 0 Å². The first-order valence-electron chi connectivity index (χ1n) is 15.5. The Morgan fingerprint density at radius 2 is 2.05 bits per heavy atom. The summed E-state index contributed by atoms with van der Waals surface area (Å²) in [6, 6.07) is 0. The average Bonchev–Trinajstić information content (AvgIpc) is 3.45. The number of nitrogens with zero attached hydrogens (tertiary/aromatic N) is 1. The lowest BCUT2D eigenvalue weighted by Gasteiger charge is -2.59. The topological polar surface area (TPSA) is 181 Å². The predicted molar refractivity (Wildman–Crippen MR) is 152 cm³/mol. The average molecular weight is 619 g/mol. The maximum absolute atomic E-state index is 14.1. The van der Waals surface area contributed by atoms with E-state index >= 15 is 0 Å². The fourth-order valence-corrected chi connectivity index (χ4v) is 8.85. The van der Waals surface area contributed by atoms with Gasteiger partial charge < -0.3 is 29.5 Å². The number of rotatable bonds is 12. The maximum Gasteiger partial charge on any atom is 0.325 e. The summed E-state index contributed by atoms with van der Waals surface area (Å²) in [5.41, 5.74) is -1.65. The van der Waals surface area contributed by atoms with Crippen LogP contribution in [0.15, 0.2) is 23.8 Å². The van der Waals surface area contributed by atoms with Gasteiger partial charge in [-0.3, -0.25) is 19.2 Å². The molecule has 2 saturated carbocycles. The number of nitrogens with one attached hydrogen (secondary N) is 1. The minimum atomic E-state index is -1.42. The van der Waals surface area contributed by atoms with Crippen molar-refractivity contribution in [3.05, 3.63) is 33.9 Å². The number of esters is 1. The van der Waals surface area contributed by atoms with Gasteiger partial charge in [0.2, 0.25) is 11.7 Å². The maximum atomic E-state index is 14.1. The number of hydrogen-bond donors (Lipinski definition) is 2. The zero-order chi connectivity index (χ0) is 31.9. The van der Waals surface area contributed by atoms with Gasteiger partial charge in [0.05, 0.1) is 18.8 Å². The predicted octanol–water partition coefficient (Wildman–Crippen LogP) is 2.37.